The maximum absolute atomic E-state index is 10.8. The van der Waals surface area contributed by atoms with Gasteiger partial charge in [-0.2, -0.15) is 0 Å². The van der Waals surface area contributed by atoms with E-state index >= 15 is 0 Å². The molecule has 1 atom stereocenters. The van der Waals surface area contributed by atoms with Crippen molar-refractivity contribution in [1.29, 1.82) is 0 Å². The number of phosphoric acid groups is 1. The fraction of sp³-hybridized carbons (Fsp3) is 0.455. The van der Waals surface area contributed by atoms with E-state index < -0.39 is 13.4 Å². The highest BCUT2D eigenvalue weighted by molar-refractivity contribution is 7.46. The van der Waals surface area contributed by atoms with Crippen LogP contribution in [0.1, 0.15) is 41.5 Å². The molecule has 2 aromatic rings. The second-order valence-electron chi connectivity index (χ2n) is 7.56. The number of hydrogen-bond acceptors (Lipinski definition) is 6. The first-order chi connectivity index (χ1) is 14.6. The van der Waals surface area contributed by atoms with Crippen molar-refractivity contribution in [2.24, 2.45) is 5.73 Å². The molecule has 1 aromatic carbocycles. The van der Waals surface area contributed by atoms with Crippen molar-refractivity contribution < 1.29 is 28.3 Å². The molecule has 0 amide bonds. The van der Waals surface area contributed by atoms with Gasteiger partial charge in [-0.3, -0.25) is 4.52 Å². The molecular weight excluding hydrogens is 437 g/mol. The lowest BCUT2D eigenvalue weighted by Gasteiger charge is -2.24. The molecule has 4 N–H and O–H groups in total. The number of benzene rings is 1. The summed E-state index contributed by atoms with van der Waals surface area (Å²) >= 11 is 1.60. The molecule has 170 valence electrons. The topological polar surface area (TPSA) is 111 Å². The summed E-state index contributed by atoms with van der Waals surface area (Å²) in [7, 11) is -1.22. The van der Waals surface area contributed by atoms with Crippen molar-refractivity contribution in [3.05, 3.63) is 45.6 Å². The fourth-order valence-corrected chi connectivity index (χ4v) is 4.18. The van der Waals surface area contributed by atoms with Gasteiger partial charge in [0.15, 0.2) is 0 Å². The van der Waals surface area contributed by atoms with E-state index in [9.17, 15) is 4.57 Å². The molecule has 1 heterocycles. The third-order valence-corrected chi connectivity index (χ3v) is 6.08. The van der Waals surface area contributed by atoms with Gasteiger partial charge in [-0.05, 0) is 62.4 Å². The van der Waals surface area contributed by atoms with Crippen molar-refractivity contribution in [3.63, 3.8) is 0 Å². The van der Waals surface area contributed by atoms with E-state index in [0.717, 1.165) is 46.1 Å². The summed E-state index contributed by atoms with van der Waals surface area (Å²) in [6.07, 6.45) is 3.86. The minimum atomic E-state index is -4.51. The van der Waals surface area contributed by atoms with Gasteiger partial charge in [-0.1, -0.05) is 11.8 Å². The number of rotatable bonds is 11. The largest absolute Gasteiger partial charge is 0.497 e. The molecule has 0 saturated carbocycles. The van der Waals surface area contributed by atoms with E-state index in [1.54, 1.807) is 32.5 Å². The zero-order valence-corrected chi connectivity index (χ0v) is 19.8. The van der Waals surface area contributed by atoms with Crippen LogP contribution in [0.3, 0.4) is 0 Å². The van der Waals surface area contributed by atoms with E-state index in [1.807, 2.05) is 30.3 Å². The molecule has 0 spiro atoms. The van der Waals surface area contributed by atoms with E-state index in [4.69, 9.17) is 25.0 Å². The lowest BCUT2D eigenvalue weighted by Crippen LogP contribution is -2.41. The number of hydrogen-bond donors (Lipinski definition) is 3. The number of nitrogens with two attached hydrogens (primary N) is 1. The summed E-state index contributed by atoms with van der Waals surface area (Å²) in [6.45, 7) is 1.52. The van der Waals surface area contributed by atoms with Crippen LogP contribution in [0.15, 0.2) is 30.3 Å². The molecule has 0 fully saturated rings. The van der Waals surface area contributed by atoms with Gasteiger partial charge in [0.05, 0.1) is 25.7 Å². The molecule has 0 bridgehead atoms. The highest BCUT2D eigenvalue weighted by atomic mass is 32.1. The molecule has 1 unspecified atom stereocenters. The van der Waals surface area contributed by atoms with Gasteiger partial charge in [0.1, 0.15) is 11.5 Å². The Labute approximate surface area is 187 Å². The van der Waals surface area contributed by atoms with E-state index in [0.29, 0.717) is 12.8 Å². The summed E-state index contributed by atoms with van der Waals surface area (Å²) in [5.41, 5.74) is 6.41. The molecule has 31 heavy (non-hydrogen) atoms. The van der Waals surface area contributed by atoms with Gasteiger partial charge >= 0.3 is 7.82 Å². The number of aryl methyl sites for hydroxylation is 2. The summed E-state index contributed by atoms with van der Waals surface area (Å²) < 4.78 is 26.0. The van der Waals surface area contributed by atoms with Crippen LogP contribution in [0.4, 0.5) is 0 Å². The smallest absolute Gasteiger partial charge is 0.469 e. The zero-order valence-electron chi connectivity index (χ0n) is 18.1. The quantitative estimate of drug-likeness (QED) is 0.261. The SMILES string of the molecule is COc1cc(CCCC#Cc2ccc(CCC(C)(N)COP(=O)(O)O)s2)cc(OC)c1. The van der Waals surface area contributed by atoms with Gasteiger partial charge in [-0.15, -0.1) is 11.3 Å². The van der Waals surface area contributed by atoms with E-state index in [1.165, 1.54) is 0 Å². The molecule has 1 aromatic heterocycles. The molecule has 0 saturated heterocycles. The van der Waals surface area contributed by atoms with Crippen LogP contribution < -0.4 is 15.2 Å². The third-order valence-electron chi connectivity index (χ3n) is 4.56. The molecule has 0 aliphatic rings. The lowest BCUT2D eigenvalue weighted by molar-refractivity contribution is 0.154. The van der Waals surface area contributed by atoms with Crippen LogP contribution in [0.5, 0.6) is 11.5 Å². The first-order valence-electron chi connectivity index (χ1n) is 9.89. The predicted molar refractivity (Wildman–Crippen MR) is 123 cm³/mol. The normalized spacial score (nSPS) is 13.2. The Kier molecular flexibility index (Phi) is 9.57. The molecule has 0 radical (unpaired) electrons. The molecule has 0 aliphatic carbocycles. The minimum Gasteiger partial charge on any atom is -0.497 e. The van der Waals surface area contributed by atoms with E-state index in [2.05, 4.69) is 16.4 Å². The monoisotopic (exact) mass is 467 g/mol. The highest BCUT2D eigenvalue weighted by Crippen LogP contribution is 2.37. The highest BCUT2D eigenvalue weighted by Gasteiger charge is 2.24. The second-order valence-corrected chi connectivity index (χ2v) is 9.97. The van der Waals surface area contributed by atoms with Gasteiger partial charge in [0, 0.05) is 22.9 Å². The minimum absolute atomic E-state index is 0.200. The summed E-state index contributed by atoms with van der Waals surface area (Å²) in [4.78, 5) is 19.7. The number of unbranched alkanes of at least 4 members (excludes halogenated alkanes) is 1. The number of thiophene rings is 1. The number of methoxy groups -OCH3 is 2. The summed E-state index contributed by atoms with van der Waals surface area (Å²) in [6, 6.07) is 9.88. The van der Waals surface area contributed by atoms with Gasteiger partial charge < -0.3 is 25.0 Å². The summed E-state index contributed by atoms with van der Waals surface area (Å²) in [5, 5.41) is 0. The maximum Gasteiger partial charge on any atom is 0.469 e. The van der Waals surface area contributed by atoms with Gasteiger partial charge in [0.2, 0.25) is 0 Å². The Morgan fingerprint density at radius 2 is 1.81 bits per heavy atom. The van der Waals surface area contributed by atoms with Crippen molar-refractivity contribution in [3.8, 4) is 23.3 Å². The molecular formula is C22H30NO6PS. The molecule has 9 heteroatoms. The van der Waals surface area contributed by atoms with Gasteiger partial charge in [0.25, 0.3) is 0 Å². The average Bonchev–Trinajstić information content (AvgIpc) is 3.18. The number of phosphoric ester groups is 1. The first kappa shape index (κ1) is 25.4. The number of ether oxygens (including phenoxy) is 2. The van der Waals surface area contributed by atoms with Crippen LogP contribution in [0, 0.1) is 11.8 Å². The molecule has 7 nitrogen and oxygen atoms in total. The van der Waals surface area contributed by atoms with Crippen LogP contribution in [-0.2, 0) is 21.9 Å². The lowest BCUT2D eigenvalue weighted by atomic mass is 9.98. The van der Waals surface area contributed by atoms with Crippen LogP contribution in [-0.4, -0.2) is 36.2 Å². The van der Waals surface area contributed by atoms with Crippen LogP contribution in [0.2, 0.25) is 0 Å². The Hall–Kier alpha value is -1.85. The predicted octanol–water partition coefficient (Wildman–Crippen LogP) is 3.90. The van der Waals surface area contributed by atoms with Crippen LogP contribution in [0.25, 0.3) is 0 Å². The van der Waals surface area contributed by atoms with Crippen molar-refractivity contribution in [2.75, 3.05) is 20.8 Å². The zero-order chi connectivity index (χ0) is 22.9. The van der Waals surface area contributed by atoms with Crippen molar-refractivity contribution >= 4 is 19.2 Å². The maximum atomic E-state index is 10.8. The van der Waals surface area contributed by atoms with Crippen molar-refractivity contribution in [1.82, 2.24) is 0 Å². The summed E-state index contributed by atoms with van der Waals surface area (Å²) in [5.74, 6) is 7.99. The molecule has 0 aliphatic heterocycles. The molecule has 2 rings (SSSR count). The van der Waals surface area contributed by atoms with E-state index in [-0.39, 0.29) is 6.61 Å². The Morgan fingerprint density at radius 3 is 2.42 bits per heavy atom. The Bertz CT molecular complexity index is 934. The Balaban J connectivity index is 1.79. The third kappa shape index (κ3) is 9.88. The van der Waals surface area contributed by atoms with Crippen LogP contribution >= 0.6 is 19.2 Å². The van der Waals surface area contributed by atoms with Crippen molar-refractivity contribution in [2.45, 2.75) is 44.6 Å². The average molecular weight is 468 g/mol. The standard InChI is InChI=1S/C22H30NO6PS/c1-22(23,16-29-30(24,25)26)12-11-21-10-9-20(31-21)8-6-4-5-7-17-13-18(27-2)15-19(14-17)28-3/h9-10,13-15H,4-5,7,11-12,16,23H2,1-3H3,(H2,24,25,26). The first-order valence-corrected chi connectivity index (χ1v) is 12.2. The fourth-order valence-electron chi connectivity index (χ4n) is 2.83. The Morgan fingerprint density at radius 1 is 1.13 bits per heavy atom. The van der Waals surface area contributed by atoms with Gasteiger partial charge in [-0.25, -0.2) is 4.57 Å². The second kappa shape index (κ2) is 11.7.